The standard InChI is InChI=1S/C18H23BN2O3S2/c1-11(22)25-10-13(19-23-17(2,3)18(4,5)24-19)8-12-6-7-15-14(9-12)21-16(20)26-15/h6-9H,10H2,1-5H3,(H2,20,21). The average Bonchev–Trinajstić information content (AvgIpc) is 2.98. The van der Waals surface area contributed by atoms with Gasteiger partial charge in [0.25, 0.3) is 0 Å². The minimum absolute atomic E-state index is 0.0649. The molecule has 0 aliphatic carbocycles. The number of hydrogen-bond donors (Lipinski definition) is 1. The van der Waals surface area contributed by atoms with E-state index in [2.05, 4.69) is 4.98 Å². The topological polar surface area (TPSA) is 74.4 Å². The number of aromatic nitrogens is 1. The molecule has 1 aliphatic heterocycles. The molecule has 0 amide bonds. The first-order valence-corrected chi connectivity index (χ1v) is 10.2. The summed E-state index contributed by atoms with van der Waals surface area (Å²) in [4.78, 5) is 15.8. The highest BCUT2D eigenvalue weighted by molar-refractivity contribution is 8.13. The van der Waals surface area contributed by atoms with Crippen LogP contribution in [0.3, 0.4) is 0 Å². The lowest BCUT2D eigenvalue weighted by Crippen LogP contribution is -2.41. The molecule has 2 N–H and O–H groups in total. The van der Waals surface area contributed by atoms with Crippen molar-refractivity contribution in [3.8, 4) is 0 Å². The van der Waals surface area contributed by atoms with Crippen molar-refractivity contribution in [2.75, 3.05) is 11.5 Å². The summed E-state index contributed by atoms with van der Waals surface area (Å²) in [6.45, 7) is 9.65. The van der Waals surface area contributed by atoms with Crippen LogP contribution in [0.4, 0.5) is 5.13 Å². The van der Waals surface area contributed by atoms with Crippen molar-refractivity contribution in [1.29, 1.82) is 0 Å². The van der Waals surface area contributed by atoms with Crippen molar-refractivity contribution < 1.29 is 14.1 Å². The van der Waals surface area contributed by atoms with E-state index in [4.69, 9.17) is 15.0 Å². The van der Waals surface area contributed by atoms with Gasteiger partial charge >= 0.3 is 7.12 Å². The van der Waals surface area contributed by atoms with Gasteiger partial charge in [-0.3, -0.25) is 4.79 Å². The van der Waals surface area contributed by atoms with Crippen LogP contribution in [0.2, 0.25) is 0 Å². The Morgan fingerprint density at radius 3 is 2.58 bits per heavy atom. The number of nitrogen functional groups attached to an aromatic ring is 1. The third kappa shape index (κ3) is 3.98. The van der Waals surface area contributed by atoms with Crippen molar-refractivity contribution in [1.82, 2.24) is 4.98 Å². The zero-order valence-electron chi connectivity index (χ0n) is 15.7. The fourth-order valence-electron chi connectivity index (χ4n) is 2.62. The number of thiazole rings is 1. The summed E-state index contributed by atoms with van der Waals surface area (Å²) in [5, 5.41) is 0.620. The van der Waals surface area contributed by atoms with Crippen LogP contribution in [0.1, 0.15) is 40.2 Å². The highest BCUT2D eigenvalue weighted by atomic mass is 32.2. The zero-order valence-corrected chi connectivity index (χ0v) is 17.3. The summed E-state index contributed by atoms with van der Waals surface area (Å²) in [7, 11) is -0.483. The summed E-state index contributed by atoms with van der Waals surface area (Å²) in [6, 6.07) is 6.02. The van der Waals surface area contributed by atoms with Gasteiger partial charge in [-0.15, -0.1) is 0 Å². The number of thioether (sulfide) groups is 1. The minimum Gasteiger partial charge on any atom is -0.400 e. The van der Waals surface area contributed by atoms with Gasteiger partial charge in [0.1, 0.15) is 0 Å². The third-order valence-electron chi connectivity index (χ3n) is 4.78. The Labute approximate surface area is 162 Å². The van der Waals surface area contributed by atoms with Crippen LogP contribution in [-0.2, 0) is 14.1 Å². The van der Waals surface area contributed by atoms with Crippen LogP contribution in [-0.4, -0.2) is 34.2 Å². The number of carbonyl (C=O) groups excluding carboxylic acids is 1. The second kappa shape index (κ2) is 7.00. The van der Waals surface area contributed by atoms with Crippen LogP contribution >= 0.6 is 23.1 Å². The number of anilines is 1. The monoisotopic (exact) mass is 390 g/mol. The van der Waals surface area contributed by atoms with E-state index in [1.165, 1.54) is 23.1 Å². The zero-order chi connectivity index (χ0) is 19.1. The maximum absolute atomic E-state index is 11.5. The average molecular weight is 390 g/mol. The number of carbonyl (C=O) groups is 1. The molecular weight excluding hydrogens is 367 g/mol. The van der Waals surface area contributed by atoms with Crippen molar-refractivity contribution in [2.45, 2.75) is 45.8 Å². The molecule has 0 bridgehead atoms. The maximum atomic E-state index is 11.5. The van der Waals surface area contributed by atoms with Gasteiger partial charge in [0.2, 0.25) is 0 Å². The number of fused-ring (bicyclic) bond motifs is 1. The smallest absolute Gasteiger partial charge is 0.400 e. The molecule has 2 heterocycles. The highest BCUT2D eigenvalue weighted by Gasteiger charge is 2.52. The second-order valence-corrected chi connectivity index (χ2v) is 9.58. The Bertz CT molecular complexity index is 860. The predicted molar refractivity (Wildman–Crippen MR) is 111 cm³/mol. The van der Waals surface area contributed by atoms with Gasteiger partial charge in [-0.05, 0) is 50.9 Å². The first-order valence-electron chi connectivity index (χ1n) is 8.43. The fraction of sp³-hybridized carbons (Fsp3) is 0.444. The van der Waals surface area contributed by atoms with Gasteiger partial charge in [-0.25, -0.2) is 4.98 Å². The largest absolute Gasteiger partial charge is 0.491 e. The number of hydrogen-bond acceptors (Lipinski definition) is 7. The molecule has 1 saturated heterocycles. The molecule has 0 atom stereocenters. The van der Waals surface area contributed by atoms with E-state index in [1.54, 1.807) is 6.92 Å². The second-order valence-electron chi connectivity index (χ2n) is 7.37. The van der Waals surface area contributed by atoms with E-state index >= 15 is 0 Å². The fourth-order valence-corrected chi connectivity index (χ4v) is 3.93. The molecule has 2 aromatic rings. The molecule has 0 radical (unpaired) electrons. The number of nitrogens with two attached hydrogens (primary N) is 1. The first-order chi connectivity index (χ1) is 12.1. The van der Waals surface area contributed by atoms with Crippen LogP contribution in [0.5, 0.6) is 0 Å². The highest BCUT2D eigenvalue weighted by Crippen LogP contribution is 2.39. The van der Waals surface area contributed by atoms with Gasteiger partial charge in [0, 0.05) is 12.7 Å². The molecule has 3 rings (SSSR count). The van der Waals surface area contributed by atoms with Gasteiger partial charge < -0.3 is 15.0 Å². The summed E-state index contributed by atoms with van der Waals surface area (Å²) >= 11 is 2.72. The maximum Gasteiger partial charge on any atom is 0.491 e. The van der Waals surface area contributed by atoms with E-state index < -0.39 is 18.3 Å². The molecule has 1 aromatic carbocycles. The van der Waals surface area contributed by atoms with Crippen LogP contribution < -0.4 is 5.73 Å². The van der Waals surface area contributed by atoms with Crippen molar-refractivity contribution in [3.63, 3.8) is 0 Å². The number of benzene rings is 1. The molecule has 0 unspecified atom stereocenters. The molecule has 1 aromatic heterocycles. The Kier molecular flexibility index (Phi) is 5.23. The van der Waals surface area contributed by atoms with Crippen molar-refractivity contribution in [3.05, 3.63) is 29.2 Å². The summed E-state index contributed by atoms with van der Waals surface area (Å²) in [5.41, 5.74) is 7.72. The Morgan fingerprint density at radius 2 is 1.96 bits per heavy atom. The quantitative estimate of drug-likeness (QED) is 0.790. The first kappa shape index (κ1) is 19.4. The SMILES string of the molecule is CC(=O)SCC(=Cc1ccc2sc(N)nc2c1)B1OC(C)(C)C(C)(C)O1. The van der Waals surface area contributed by atoms with Crippen molar-refractivity contribution >= 4 is 56.8 Å². The van der Waals surface area contributed by atoms with Crippen LogP contribution in [0, 0.1) is 0 Å². The summed E-state index contributed by atoms with van der Waals surface area (Å²) in [5.74, 6) is 0.517. The predicted octanol–water partition coefficient (Wildman–Crippen LogP) is 4.17. The van der Waals surface area contributed by atoms with Gasteiger partial charge in [0.15, 0.2) is 10.2 Å². The molecule has 0 spiro atoms. The van der Waals surface area contributed by atoms with E-state index in [0.717, 1.165) is 21.3 Å². The third-order valence-corrected chi connectivity index (χ3v) is 6.53. The lowest BCUT2D eigenvalue weighted by Gasteiger charge is -2.32. The molecule has 138 valence electrons. The lowest BCUT2D eigenvalue weighted by molar-refractivity contribution is -0.109. The Balaban J connectivity index is 1.94. The molecule has 5 nitrogen and oxygen atoms in total. The van der Waals surface area contributed by atoms with Gasteiger partial charge in [-0.1, -0.05) is 35.2 Å². The summed E-state index contributed by atoms with van der Waals surface area (Å²) in [6.07, 6.45) is 2.02. The van der Waals surface area contributed by atoms with E-state index in [0.29, 0.717) is 10.9 Å². The Hall–Kier alpha value is -1.35. The van der Waals surface area contributed by atoms with Crippen molar-refractivity contribution in [2.24, 2.45) is 0 Å². The molecular formula is C18H23BN2O3S2. The van der Waals surface area contributed by atoms with E-state index in [9.17, 15) is 4.79 Å². The van der Waals surface area contributed by atoms with Gasteiger partial charge in [0.05, 0.1) is 21.4 Å². The molecule has 8 heteroatoms. The van der Waals surface area contributed by atoms with E-state index in [1.807, 2.05) is 52.0 Å². The molecule has 1 fully saturated rings. The lowest BCUT2D eigenvalue weighted by atomic mass is 9.78. The molecule has 0 saturated carbocycles. The summed E-state index contributed by atoms with van der Waals surface area (Å²) < 4.78 is 13.4. The van der Waals surface area contributed by atoms with Gasteiger partial charge in [-0.2, -0.15) is 0 Å². The Morgan fingerprint density at radius 1 is 1.31 bits per heavy atom. The number of nitrogens with zero attached hydrogens (tertiary/aromatic N) is 1. The van der Waals surface area contributed by atoms with Crippen LogP contribution in [0.15, 0.2) is 23.7 Å². The normalized spacial score (nSPS) is 19.3. The minimum atomic E-state index is -0.483. The molecule has 26 heavy (non-hydrogen) atoms. The van der Waals surface area contributed by atoms with Crippen LogP contribution in [0.25, 0.3) is 16.3 Å². The number of rotatable bonds is 4. The molecule has 1 aliphatic rings. The van der Waals surface area contributed by atoms with E-state index in [-0.39, 0.29) is 5.12 Å².